The van der Waals surface area contributed by atoms with Crippen molar-refractivity contribution in [3.05, 3.63) is 0 Å². The van der Waals surface area contributed by atoms with Crippen LogP contribution in [0.25, 0.3) is 0 Å². The average molecular weight is 1500 g/mol. The monoisotopic (exact) mass is 1500 g/mol. The molecule has 8 N–H and O–H groups in total. The number of carboxylic acid groups (broad SMARTS) is 7. The predicted octanol–water partition coefficient (Wildman–Crippen LogP) is 16.3. The molecule has 105 heavy (non-hydrogen) atoms. The Labute approximate surface area is 630 Å². The Bertz CT molecular complexity index is 2510. The van der Waals surface area contributed by atoms with E-state index >= 15 is 0 Å². The van der Waals surface area contributed by atoms with E-state index in [9.17, 15) is 53.7 Å². The molecule has 3 aliphatic carbocycles. The summed E-state index contributed by atoms with van der Waals surface area (Å²) in [5.41, 5.74) is -0.331. The molecule has 0 aromatic carbocycles. The number of carbonyl (C=O) groups excluding carboxylic acids is 1. The number of esters is 1. The van der Waals surface area contributed by atoms with E-state index in [1.807, 2.05) is 41.5 Å². The molecule has 23 heteroatoms. The highest BCUT2D eigenvalue weighted by Crippen LogP contribution is 2.49. The van der Waals surface area contributed by atoms with Crippen LogP contribution >= 0.6 is 0 Å². The van der Waals surface area contributed by atoms with Crippen LogP contribution in [0, 0.1) is 82.9 Å². The van der Waals surface area contributed by atoms with E-state index in [0.717, 1.165) is 167 Å². The first-order valence-electron chi connectivity index (χ1n) is 41.1. The predicted molar refractivity (Wildman–Crippen MR) is 402 cm³/mol. The third kappa shape index (κ3) is 30.4. The number of methoxy groups -OCH3 is 1. The molecule has 0 amide bonds. The van der Waals surface area contributed by atoms with Crippen LogP contribution < -0.4 is 0 Å². The zero-order valence-corrected chi connectivity index (χ0v) is 67.6. The molecule has 5 saturated heterocycles. The second-order valence-corrected chi connectivity index (χ2v) is 31.0. The highest BCUT2D eigenvalue weighted by Gasteiger charge is 2.52. The molecule has 8 fully saturated rings. The van der Waals surface area contributed by atoms with Crippen molar-refractivity contribution in [2.75, 3.05) is 13.7 Å². The van der Waals surface area contributed by atoms with E-state index in [0.29, 0.717) is 43.0 Å². The topological polar surface area (TPSA) is 363 Å². The molecule has 5 heterocycles. The maximum atomic E-state index is 12.8. The summed E-state index contributed by atoms with van der Waals surface area (Å²) in [6.45, 7) is 33.3. The van der Waals surface area contributed by atoms with E-state index in [1.54, 1.807) is 14.0 Å². The number of aliphatic hydroxyl groups is 1. The quantitative estimate of drug-likeness (QED) is 0.0290. The normalized spacial score (nSPS) is 33.9. The molecule has 8 rings (SSSR count). The van der Waals surface area contributed by atoms with Crippen LogP contribution in [-0.2, 0) is 71.5 Å². The van der Waals surface area contributed by atoms with Crippen molar-refractivity contribution in [2.45, 2.75) is 376 Å². The smallest absolute Gasteiger partial charge is 0.310 e. The van der Waals surface area contributed by atoms with Gasteiger partial charge in [-0.3, -0.25) is 38.4 Å². The maximum Gasteiger partial charge on any atom is 0.310 e. The lowest BCUT2D eigenvalue weighted by Gasteiger charge is -2.31. The fourth-order valence-corrected chi connectivity index (χ4v) is 18.2. The van der Waals surface area contributed by atoms with Gasteiger partial charge in [0.1, 0.15) is 5.60 Å². The second-order valence-electron chi connectivity index (χ2n) is 31.0. The van der Waals surface area contributed by atoms with Crippen LogP contribution in [0.1, 0.15) is 303 Å². The number of hydrogen-bond donors (Lipinski definition) is 8. The molecular formula is C82H146O23. The first-order valence-corrected chi connectivity index (χ1v) is 41.1. The minimum atomic E-state index is -0.947. The van der Waals surface area contributed by atoms with Gasteiger partial charge >= 0.3 is 47.8 Å². The molecule has 25 atom stereocenters. The molecule has 3 saturated carbocycles. The van der Waals surface area contributed by atoms with Crippen LogP contribution in [-0.4, -0.2) is 175 Å². The third-order valence-corrected chi connectivity index (χ3v) is 24.7. The molecular weight excluding hydrogens is 1350 g/mol. The zero-order valence-electron chi connectivity index (χ0n) is 67.6. The Morgan fingerprint density at radius 1 is 0.419 bits per heavy atom. The number of rotatable bonds is 32. The van der Waals surface area contributed by atoms with Crippen molar-refractivity contribution in [3.63, 3.8) is 0 Å². The van der Waals surface area contributed by atoms with Crippen molar-refractivity contribution in [1.82, 2.24) is 0 Å². The number of carboxylic acids is 7. The molecule has 0 aromatic rings. The fraction of sp³-hybridized carbons (Fsp3) is 0.902. The molecule has 0 radical (unpaired) electrons. The molecule has 0 bridgehead atoms. The fourth-order valence-electron chi connectivity index (χ4n) is 18.2. The summed E-state index contributed by atoms with van der Waals surface area (Å²) in [6, 6.07) is 0. The summed E-state index contributed by atoms with van der Waals surface area (Å²) in [5, 5.41) is 72.4. The van der Waals surface area contributed by atoms with Gasteiger partial charge in [-0.05, 0) is 189 Å². The Hall–Kier alpha value is -4.52. The van der Waals surface area contributed by atoms with Crippen LogP contribution in [0.2, 0.25) is 0 Å². The van der Waals surface area contributed by atoms with Crippen molar-refractivity contribution >= 4 is 47.8 Å². The van der Waals surface area contributed by atoms with Gasteiger partial charge in [0.25, 0.3) is 0 Å². The van der Waals surface area contributed by atoms with Crippen molar-refractivity contribution in [1.29, 1.82) is 0 Å². The summed E-state index contributed by atoms with van der Waals surface area (Å²) >= 11 is 0. The highest BCUT2D eigenvalue weighted by molar-refractivity contribution is 5.83. The number of ether oxygens (including phenoxy) is 7. The second kappa shape index (κ2) is 50.3. The van der Waals surface area contributed by atoms with E-state index in [-0.39, 0.29) is 133 Å². The minimum absolute atomic E-state index is 0.0175. The van der Waals surface area contributed by atoms with Gasteiger partial charge in [-0.25, -0.2) is 0 Å². The van der Waals surface area contributed by atoms with Gasteiger partial charge in [-0.1, -0.05) is 136 Å². The summed E-state index contributed by atoms with van der Waals surface area (Å²) in [5.74, 6) is -5.08. The molecule has 612 valence electrons. The lowest BCUT2D eigenvalue weighted by molar-refractivity contribution is -0.172. The van der Waals surface area contributed by atoms with Gasteiger partial charge in [-0.2, -0.15) is 0 Å². The largest absolute Gasteiger partial charge is 0.481 e. The van der Waals surface area contributed by atoms with Crippen LogP contribution in [0.15, 0.2) is 0 Å². The van der Waals surface area contributed by atoms with E-state index in [1.165, 1.54) is 0 Å². The van der Waals surface area contributed by atoms with Gasteiger partial charge in [0.15, 0.2) is 0 Å². The summed E-state index contributed by atoms with van der Waals surface area (Å²) in [4.78, 5) is 89.0. The lowest BCUT2D eigenvalue weighted by Crippen LogP contribution is -2.39. The first-order chi connectivity index (χ1) is 49.8. The Kier molecular flexibility index (Phi) is 46.3. The molecule has 0 aromatic heterocycles. The lowest BCUT2D eigenvalue weighted by atomic mass is 9.85. The van der Waals surface area contributed by atoms with E-state index in [2.05, 4.69) is 62.3 Å². The van der Waals surface area contributed by atoms with E-state index in [4.69, 9.17) is 58.7 Å². The number of aliphatic carboxylic acids is 7. The van der Waals surface area contributed by atoms with Crippen LogP contribution in [0.4, 0.5) is 0 Å². The highest BCUT2D eigenvalue weighted by atomic mass is 16.6. The standard InChI is InChI=1S/C18H30O4.C12H22O3.C11H20O4.2C11H20O3.C10H18O3.C9H16O3/c1-4-12-11-13(5-2)15(14(12)16(19)20)17(21)22-18(6-3)9-7-8-10-18;1-4-8-6-9(5-2)11(12(13)14)10(8)7-15-3;1-3-7-5-8(10(4-2)15-7)9(12)6-11(13)14;1-4-8-6-9(7(3)11(12)13)10(5-2)14-8;1-3-9-7-8(5-6-11(12)13)10(4-2)14-9;1-3-8-5-7(6-10(11)12)9(4-2)13-8;1-3-6-5-7(9(10)11)8(4-2)12-6/h12-15H,4-11H2,1-3H3,(H,19,20);8-11H,4-7H2,1-3H3,(H,13,14);7-10,12H,3-6H2,1-2H3,(H,13,14);7-10H,4-6H2,1-3H3,(H,12,13);8-10H,3-7H2,1-2H3,(H,12,13);7-9H,3-6H2,1-2H3,(H,11,12);6-8H,3-5H2,1-2H3,(H,10,11). The van der Waals surface area contributed by atoms with Crippen LogP contribution in [0.3, 0.4) is 0 Å². The van der Waals surface area contributed by atoms with Gasteiger partial charge in [-0.15, -0.1) is 0 Å². The van der Waals surface area contributed by atoms with Gasteiger partial charge in [0.2, 0.25) is 0 Å². The zero-order chi connectivity index (χ0) is 79.4. The molecule has 0 spiro atoms. The third-order valence-electron chi connectivity index (χ3n) is 24.7. The first kappa shape index (κ1) is 96.6. The summed E-state index contributed by atoms with van der Waals surface area (Å²) in [7, 11) is 1.66. The Morgan fingerprint density at radius 2 is 0.829 bits per heavy atom. The average Bonchev–Trinajstić information content (AvgIpc) is 1.67. The van der Waals surface area contributed by atoms with Gasteiger partial charge < -0.3 is 74.0 Å². The molecule has 25 unspecified atom stereocenters. The SMILES string of the molecule is CCC1CC(C(=O)O)C(CC)O1.CCC1CC(C(C)C(=O)O)C(CC)O1.CCC1CC(C(O)CC(=O)O)C(CC)O1.CCC1CC(CC(=O)O)C(CC)O1.CCC1CC(CC)C(C(=O)O)C1COC.CCC1CC(CC)C(C(=O)OC2(CC)CCCC2)C1C(=O)O.CCC1CC(CCC(=O)O)C(CC)O1. The number of aliphatic hydroxyl groups excluding tert-OH is 1. The van der Waals surface area contributed by atoms with Crippen molar-refractivity contribution in [3.8, 4) is 0 Å². The minimum Gasteiger partial charge on any atom is -0.481 e. The molecule has 23 nitrogen and oxygen atoms in total. The molecule has 5 aliphatic heterocycles. The van der Waals surface area contributed by atoms with Gasteiger partial charge in [0.05, 0.1) is 116 Å². The van der Waals surface area contributed by atoms with Crippen molar-refractivity contribution < 1.29 is 112 Å². The van der Waals surface area contributed by atoms with Gasteiger partial charge in [0, 0.05) is 25.4 Å². The Balaban J connectivity index is 0.000000420. The number of hydrogen-bond acceptors (Lipinski definition) is 16. The Morgan fingerprint density at radius 3 is 1.23 bits per heavy atom. The number of carbonyl (C=O) groups is 8. The summed E-state index contributed by atoms with van der Waals surface area (Å²) in [6.07, 6.45) is 26.3. The molecule has 8 aliphatic rings. The van der Waals surface area contributed by atoms with Crippen LogP contribution in [0.5, 0.6) is 0 Å². The maximum absolute atomic E-state index is 12.8. The van der Waals surface area contributed by atoms with Crippen molar-refractivity contribution in [2.24, 2.45) is 82.9 Å². The van der Waals surface area contributed by atoms with E-state index < -0.39 is 59.7 Å². The summed E-state index contributed by atoms with van der Waals surface area (Å²) < 4.78 is 39.7.